The second-order valence-corrected chi connectivity index (χ2v) is 14.5. The highest BCUT2D eigenvalue weighted by Gasteiger charge is 2.76. The molecule has 2 aliphatic carbocycles. The molecule has 0 spiro atoms. The van der Waals surface area contributed by atoms with E-state index in [1.807, 2.05) is 6.07 Å². The standard InChI is InChI=1S/C35H27BrCl2N2O7/c1-39-32(45)34(37)16-24-21(27(35(34,38)33(39)46)23-14-19(36)15-25(47-2)29(23)42)12-13-22-26(24)31(44)40(30(22)43)20-10-8-18(9-11-20)28(41)17-6-4-3-5-7-17/h3-12,14-15,22,24,26-27,42H,13,16H2,1-2H3. The van der Waals surface area contributed by atoms with Crippen LogP contribution >= 0.6 is 39.1 Å². The molecule has 7 rings (SSSR count). The normalized spacial score (nSPS) is 29.8. The van der Waals surface area contributed by atoms with Crippen LogP contribution in [0.1, 0.15) is 40.2 Å². The number of alkyl halides is 2. The van der Waals surface area contributed by atoms with E-state index in [9.17, 15) is 29.1 Å². The number of amides is 4. The number of phenolic OH excluding ortho intramolecular Hbond substituents is 1. The van der Waals surface area contributed by atoms with Gasteiger partial charge < -0.3 is 9.84 Å². The number of imide groups is 2. The van der Waals surface area contributed by atoms with E-state index in [0.717, 1.165) is 9.80 Å². The van der Waals surface area contributed by atoms with Crippen molar-refractivity contribution in [3.05, 3.63) is 99.5 Å². The molecule has 0 bridgehead atoms. The van der Waals surface area contributed by atoms with Gasteiger partial charge in [0.15, 0.2) is 27.0 Å². The number of benzene rings is 3. The molecule has 0 radical (unpaired) electrons. The third-order valence-electron chi connectivity index (χ3n) is 10.0. The molecular weight excluding hydrogens is 711 g/mol. The second kappa shape index (κ2) is 11.0. The Morgan fingerprint density at radius 3 is 2.26 bits per heavy atom. The van der Waals surface area contributed by atoms with E-state index >= 15 is 0 Å². The van der Waals surface area contributed by atoms with E-state index in [1.54, 1.807) is 66.7 Å². The van der Waals surface area contributed by atoms with E-state index in [-0.39, 0.29) is 35.7 Å². The van der Waals surface area contributed by atoms with E-state index in [4.69, 9.17) is 27.9 Å². The fraction of sp³-hybridized carbons (Fsp3) is 0.286. The van der Waals surface area contributed by atoms with Crippen LogP contribution in [-0.2, 0) is 19.2 Å². The lowest BCUT2D eigenvalue weighted by Gasteiger charge is -2.50. The van der Waals surface area contributed by atoms with Crippen LogP contribution < -0.4 is 9.64 Å². The highest BCUT2D eigenvalue weighted by Crippen LogP contribution is 2.66. The quantitative estimate of drug-likeness (QED) is 0.157. The number of anilines is 1. The van der Waals surface area contributed by atoms with Gasteiger partial charge in [0.1, 0.15) is 0 Å². The molecule has 12 heteroatoms. The molecule has 3 aromatic rings. The van der Waals surface area contributed by atoms with Gasteiger partial charge in [-0.2, -0.15) is 0 Å². The van der Waals surface area contributed by atoms with E-state index in [1.165, 1.54) is 14.2 Å². The molecule has 1 N–H and O–H groups in total. The molecule has 0 aromatic heterocycles. The molecule has 2 aliphatic heterocycles. The summed E-state index contributed by atoms with van der Waals surface area (Å²) >= 11 is 17.9. The van der Waals surface area contributed by atoms with Gasteiger partial charge in [0.2, 0.25) is 11.8 Å². The van der Waals surface area contributed by atoms with Crippen LogP contribution in [0.25, 0.3) is 0 Å². The summed E-state index contributed by atoms with van der Waals surface area (Å²) in [5, 5.41) is 11.4. The van der Waals surface area contributed by atoms with Crippen molar-refractivity contribution < 1.29 is 33.8 Å². The zero-order valence-corrected chi connectivity index (χ0v) is 28.2. The Balaban J connectivity index is 1.31. The summed E-state index contributed by atoms with van der Waals surface area (Å²) in [6.45, 7) is 0. The minimum absolute atomic E-state index is 0.101. The molecule has 47 heavy (non-hydrogen) atoms. The first kappa shape index (κ1) is 31.6. The summed E-state index contributed by atoms with van der Waals surface area (Å²) < 4.78 is 5.89. The number of hydrogen-bond acceptors (Lipinski definition) is 7. The first-order valence-corrected chi connectivity index (χ1v) is 16.4. The van der Waals surface area contributed by atoms with Crippen molar-refractivity contribution in [2.75, 3.05) is 19.1 Å². The van der Waals surface area contributed by atoms with Gasteiger partial charge in [-0.15, -0.1) is 23.2 Å². The van der Waals surface area contributed by atoms with Crippen molar-refractivity contribution in [2.24, 2.45) is 17.8 Å². The predicted octanol–water partition coefficient (Wildman–Crippen LogP) is 5.59. The average molecular weight is 738 g/mol. The summed E-state index contributed by atoms with van der Waals surface area (Å²) in [6.07, 6.45) is 1.76. The van der Waals surface area contributed by atoms with Gasteiger partial charge >= 0.3 is 0 Å². The van der Waals surface area contributed by atoms with Gasteiger partial charge in [0, 0.05) is 34.1 Å². The number of aromatic hydroxyl groups is 1. The maximum atomic E-state index is 14.3. The Morgan fingerprint density at radius 2 is 1.60 bits per heavy atom. The molecule has 9 nitrogen and oxygen atoms in total. The average Bonchev–Trinajstić information content (AvgIpc) is 3.40. The van der Waals surface area contributed by atoms with Crippen LogP contribution in [0.4, 0.5) is 5.69 Å². The lowest BCUT2D eigenvalue weighted by atomic mass is 9.56. The lowest BCUT2D eigenvalue weighted by molar-refractivity contribution is -0.138. The van der Waals surface area contributed by atoms with E-state index in [2.05, 4.69) is 15.9 Å². The Hall–Kier alpha value is -3.99. The van der Waals surface area contributed by atoms with Gasteiger partial charge in [0.25, 0.3) is 11.8 Å². The van der Waals surface area contributed by atoms with Gasteiger partial charge in [-0.05, 0) is 55.2 Å². The number of allylic oxidation sites excluding steroid dienone is 2. The number of methoxy groups -OCH3 is 1. The van der Waals surface area contributed by atoms with Gasteiger partial charge in [0.05, 0.1) is 24.6 Å². The molecule has 6 atom stereocenters. The number of ether oxygens (including phenoxy) is 1. The summed E-state index contributed by atoms with van der Waals surface area (Å²) in [6, 6.07) is 18.2. The number of carbonyl (C=O) groups excluding carboxylic acids is 5. The largest absolute Gasteiger partial charge is 0.504 e. The summed E-state index contributed by atoms with van der Waals surface area (Å²) in [7, 11) is 2.68. The minimum Gasteiger partial charge on any atom is -0.504 e. The Labute approximate surface area is 288 Å². The SMILES string of the molecule is COc1cc(Br)cc(C2C3=CCC4C(=O)N(c5ccc(C(=O)c6ccccc6)cc5)C(=O)C4C3CC3(Cl)C(=O)N(C)C(=O)C23Cl)c1O. The molecule has 6 unspecified atom stereocenters. The third-order valence-corrected chi connectivity index (χ3v) is 11.9. The molecule has 3 fully saturated rings. The maximum absolute atomic E-state index is 14.3. The van der Waals surface area contributed by atoms with Crippen molar-refractivity contribution in [2.45, 2.75) is 28.5 Å². The van der Waals surface area contributed by atoms with E-state index < -0.39 is 57.0 Å². The van der Waals surface area contributed by atoms with Crippen LogP contribution in [0.15, 0.2) is 82.9 Å². The number of hydrogen-bond donors (Lipinski definition) is 1. The Bertz CT molecular complexity index is 1930. The molecule has 1 saturated carbocycles. The molecule has 3 aromatic carbocycles. The highest BCUT2D eigenvalue weighted by atomic mass is 79.9. The Morgan fingerprint density at radius 1 is 0.936 bits per heavy atom. The molecule has 240 valence electrons. The van der Waals surface area contributed by atoms with Crippen molar-refractivity contribution in [1.29, 1.82) is 0 Å². The fourth-order valence-electron chi connectivity index (χ4n) is 7.83. The van der Waals surface area contributed by atoms with Crippen LogP contribution in [0.5, 0.6) is 11.5 Å². The van der Waals surface area contributed by atoms with Gasteiger partial charge in [-0.3, -0.25) is 33.8 Å². The molecule has 4 aliphatic rings. The zero-order valence-electron chi connectivity index (χ0n) is 25.1. The number of fused-ring (bicyclic) bond motifs is 4. The first-order valence-electron chi connectivity index (χ1n) is 14.9. The van der Waals surface area contributed by atoms with Crippen LogP contribution in [0.2, 0.25) is 0 Å². The lowest BCUT2D eigenvalue weighted by Crippen LogP contribution is -2.60. The first-order chi connectivity index (χ1) is 22.3. The summed E-state index contributed by atoms with van der Waals surface area (Å²) in [4.78, 5) is 66.6. The predicted molar refractivity (Wildman–Crippen MR) is 177 cm³/mol. The van der Waals surface area contributed by atoms with Gasteiger partial charge in [-0.25, -0.2) is 0 Å². The third kappa shape index (κ3) is 4.30. The van der Waals surface area contributed by atoms with E-state index in [0.29, 0.717) is 26.9 Å². The van der Waals surface area contributed by atoms with Crippen molar-refractivity contribution in [3.8, 4) is 11.5 Å². The molecule has 2 heterocycles. The monoisotopic (exact) mass is 736 g/mol. The van der Waals surface area contributed by atoms with Crippen LogP contribution in [0, 0.1) is 17.8 Å². The summed E-state index contributed by atoms with van der Waals surface area (Å²) in [5.74, 6) is -6.34. The van der Waals surface area contributed by atoms with Crippen molar-refractivity contribution in [3.63, 3.8) is 0 Å². The number of rotatable bonds is 5. The maximum Gasteiger partial charge on any atom is 0.253 e. The second-order valence-electron chi connectivity index (χ2n) is 12.3. The zero-order chi connectivity index (χ0) is 33.6. The van der Waals surface area contributed by atoms with Crippen LogP contribution in [-0.4, -0.2) is 63.3 Å². The molecule has 2 saturated heterocycles. The Kier molecular flexibility index (Phi) is 7.42. The number of carbonyl (C=O) groups is 5. The molecular formula is C35H27BrCl2N2O7. The number of ketones is 1. The highest BCUT2D eigenvalue weighted by molar-refractivity contribution is 9.10. The molecule has 4 amide bonds. The topological polar surface area (TPSA) is 121 Å². The van der Waals surface area contributed by atoms with Crippen molar-refractivity contribution >= 4 is 74.2 Å². The minimum atomic E-state index is -2.05. The number of nitrogens with zero attached hydrogens (tertiary/aromatic N) is 2. The van der Waals surface area contributed by atoms with Crippen LogP contribution in [0.3, 0.4) is 0 Å². The summed E-state index contributed by atoms with van der Waals surface area (Å²) in [5.41, 5.74) is 1.94. The van der Waals surface area contributed by atoms with Gasteiger partial charge in [-0.1, -0.05) is 57.9 Å². The number of likely N-dealkylation sites (tertiary alicyclic amines) is 1. The fourth-order valence-corrected chi connectivity index (χ4v) is 9.30. The van der Waals surface area contributed by atoms with Crippen molar-refractivity contribution in [1.82, 2.24) is 4.90 Å². The number of phenols is 1. The smallest absolute Gasteiger partial charge is 0.253 e. The number of halogens is 3.